The van der Waals surface area contributed by atoms with Crippen LogP contribution in [0.2, 0.25) is 0 Å². The zero-order valence-electron chi connectivity index (χ0n) is 14.3. The van der Waals surface area contributed by atoms with E-state index in [1.54, 1.807) is 23.4 Å². The second-order valence-electron chi connectivity index (χ2n) is 6.05. The summed E-state index contributed by atoms with van der Waals surface area (Å²) >= 11 is 1.19. The van der Waals surface area contributed by atoms with Crippen LogP contribution in [0.15, 0.2) is 53.6 Å². The molecule has 0 unspecified atom stereocenters. The topological polar surface area (TPSA) is 80.5 Å². The number of anilines is 1. The molecule has 0 radical (unpaired) electrons. The van der Waals surface area contributed by atoms with Crippen molar-refractivity contribution in [1.29, 1.82) is 0 Å². The molecule has 1 aliphatic rings. The van der Waals surface area contributed by atoms with Gasteiger partial charge in [-0.3, -0.25) is 14.6 Å². The summed E-state index contributed by atoms with van der Waals surface area (Å²) in [6, 6.07) is 11.1. The Morgan fingerprint density at radius 2 is 1.96 bits per heavy atom. The van der Waals surface area contributed by atoms with E-state index in [4.69, 9.17) is 0 Å². The van der Waals surface area contributed by atoms with Crippen LogP contribution in [0.5, 0.6) is 0 Å². The minimum atomic E-state index is -0.325. The van der Waals surface area contributed by atoms with Crippen molar-refractivity contribution in [3.63, 3.8) is 0 Å². The Labute approximate surface area is 157 Å². The number of amides is 1. The van der Waals surface area contributed by atoms with Crippen molar-refractivity contribution in [2.24, 2.45) is 0 Å². The van der Waals surface area contributed by atoms with E-state index in [0.717, 1.165) is 16.8 Å². The largest absolute Gasteiger partial charge is 0.308 e. The number of fused-ring (bicyclic) bond motifs is 2. The summed E-state index contributed by atoms with van der Waals surface area (Å²) in [5.41, 5.74) is 2.45. The first kappa shape index (κ1) is 15.8. The maximum absolute atomic E-state index is 13.0. The highest BCUT2D eigenvalue weighted by atomic mass is 32.1. The molecule has 0 N–H and O–H groups in total. The fourth-order valence-electron chi connectivity index (χ4n) is 3.32. The number of thiazole rings is 1. The fourth-order valence-corrected chi connectivity index (χ4v) is 4.31. The molecule has 0 saturated heterocycles. The van der Waals surface area contributed by atoms with Gasteiger partial charge >= 0.3 is 0 Å². The quantitative estimate of drug-likeness (QED) is 0.530. The van der Waals surface area contributed by atoms with Crippen LogP contribution in [0, 0.1) is 0 Å². The second kappa shape index (κ2) is 5.82. The lowest BCUT2D eigenvalue weighted by Crippen LogP contribution is -2.32. The molecule has 5 rings (SSSR count). The van der Waals surface area contributed by atoms with Gasteiger partial charge in [0.05, 0.1) is 11.3 Å². The molecule has 1 aliphatic heterocycles. The van der Waals surface area contributed by atoms with Crippen molar-refractivity contribution in [3.05, 3.63) is 69.2 Å². The van der Waals surface area contributed by atoms with Crippen molar-refractivity contribution < 1.29 is 4.79 Å². The summed E-state index contributed by atoms with van der Waals surface area (Å²) in [6.07, 6.45) is 3.31. The Morgan fingerprint density at radius 1 is 1.11 bits per heavy atom. The van der Waals surface area contributed by atoms with E-state index in [-0.39, 0.29) is 11.5 Å². The number of hydrogen-bond acceptors (Lipinski definition) is 6. The SMILES string of the molecule is CCN1C(=O)C(=c2sc3nc(-c4cccnc4)nn3c2=O)c2ccccc21. The van der Waals surface area contributed by atoms with Gasteiger partial charge < -0.3 is 4.90 Å². The van der Waals surface area contributed by atoms with E-state index in [2.05, 4.69) is 15.1 Å². The Balaban J connectivity index is 1.77. The molecule has 1 aromatic carbocycles. The molecule has 7 nitrogen and oxygen atoms in total. The molecule has 0 saturated carbocycles. The molecule has 0 spiro atoms. The number of para-hydroxylation sites is 1. The average molecular weight is 375 g/mol. The zero-order chi connectivity index (χ0) is 18.5. The first-order chi connectivity index (χ1) is 13.2. The van der Waals surface area contributed by atoms with Crippen LogP contribution in [0.4, 0.5) is 5.69 Å². The van der Waals surface area contributed by atoms with Crippen molar-refractivity contribution in [2.75, 3.05) is 11.4 Å². The highest BCUT2D eigenvalue weighted by molar-refractivity contribution is 7.15. The van der Waals surface area contributed by atoms with Gasteiger partial charge in [-0.1, -0.05) is 29.5 Å². The number of rotatable bonds is 2. The summed E-state index contributed by atoms with van der Waals surface area (Å²) in [4.78, 5) is 36.5. The zero-order valence-corrected chi connectivity index (χ0v) is 15.1. The molecule has 0 fully saturated rings. The van der Waals surface area contributed by atoms with E-state index in [9.17, 15) is 9.59 Å². The lowest BCUT2D eigenvalue weighted by atomic mass is 10.1. The standard InChI is InChI=1S/C19H13N5O2S/c1-2-23-13-8-4-3-7-12(13)14(17(23)25)15-18(26)24-19(27-15)21-16(22-24)11-6-5-9-20-10-11/h3-10H,2H2,1H3. The first-order valence-electron chi connectivity index (χ1n) is 8.44. The predicted octanol–water partition coefficient (Wildman–Crippen LogP) is 1.50. The van der Waals surface area contributed by atoms with Crippen LogP contribution < -0.4 is 15.0 Å². The number of benzene rings is 1. The van der Waals surface area contributed by atoms with Gasteiger partial charge in [-0.05, 0) is 25.1 Å². The Kier molecular flexibility index (Phi) is 3.41. The molecular formula is C19H13N5O2S. The van der Waals surface area contributed by atoms with Crippen LogP contribution in [0.25, 0.3) is 21.9 Å². The van der Waals surface area contributed by atoms with Crippen LogP contribution in [-0.4, -0.2) is 32.0 Å². The monoisotopic (exact) mass is 375 g/mol. The number of nitrogens with zero attached hydrogens (tertiary/aromatic N) is 5. The van der Waals surface area contributed by atoms with Crippen LogP contribution in [0.3, 0.4) is 0 Å². The number of likely N-dealkylation sites (N-methyl/N-ethyl adjacent to an activating group) is 1. The number of hydrogen-bond donors (Lipinski definition) is 0. The van der Waals surface area contributed by atoms with E-state index in [0.29, 0.717) is 27.4 Å². The Morgan fingerprint density at radius 3 is 2.70 bits per heavy atom. The van der Waals surface area contributed by atoms with Gasteiger partial charge in [0.15, 0.2) is 5.82 Å². The van der Waals surface area contributed by atoms with E-state index >= 15 is 0 Å². The highest BCUT2D eigenvalue weighted by Crippen LogP contribution is 2.34. The summed E-state index contributed by atoms with van der Waals surface area (Å²) in [6.45, 7) is 2.46. The average Bonchev–Trinajstić information content (AvgIpc) is 3.33. The molecule has 0 aliphatic carbocycles. The van der Waals surface area contributed by atoms with Gasteiger partial charge in [0.25, 0.3) is 11.5 Å². The number of aromatic nitrogens is 4. The molecule has 132 valence electrons. The smallest absolute Gasteiger partial charge is 0.291 e. The van der Waals surface area contributed by atoms with Gasteiger partial charge in [0.1, 0.15) is 4.53 Å². The second-order valence-corrected chi connectivity index (χ2v) is 7.03. The summed E-state index contributed by atoms with van der Waals surface area (Å²) in [5, 5.41) is 4.32. The van der Waals surface area contributed by atoms with Crippen LogP contribution >= 0.6 is 11.3 Å². The van der Waals surface area contributed by atoms with Crippen molar-refractivity contribution >= 4 is 33.5 Å². The molecule has 0 bridgehead atoms. The van der Waals surface area contributed by atoms with Gasteiger partial charge in [-0.15, -0.1) is 5.10 Å². The van der Waals surface area contributed by atoms with Gasteiger partial charge in [-0.25, -0.2) is 0 Å². The molecular weight excluding hydrogens is 362 g/mol. The minimum absolute atomic E-state index is 0.159. The highest BCUT2D eigenvalue weighted by Gasteiger charge is 2.33. The third-order valence-corrected chi connectivity index (χ3v) is 5.57. The lowest BCUT2D eigenvalue weighted by Gasteiger charge is -2.13. The van der Waals surface area contributed by atoms with E-state index < -0.39 is 0 Å². The molecule has 1 amide bonds. The Bertz CT molecular complexity index is 1310. The maximum Gasteiger partial charge on any atom is 0.291 e. The van der Waals surface area contributed by atoms with Gasteiger partial charge in [-0.2, -0.15) is 9.50 Å². The van der Waals surface area contributed by atoms with E-state index in [1.807, 2.05) is 37.3 Å². The lowest BCUT2D eigenvalue weighted by molar-refractivity contribution is -0.113. The molecule has 4 heterocycles. The minimum Gasteiger partial charge on any atom is -0.308 e. The normalized spacial score (nSPS) is 15.6. The molecule has 8 heteroatoms. The molecule has 4 aromatic rings. The van der Waals surface area contributed by atoms with Crippen molar-refractivity contribution in [2.45, 2.75) is 6.92 Å². The first-order valence-corrected chi connectivity index (χ1v) is 9.26. The van der Waals surface area contributed by atoms with E-state index in [1.165, 1.54) is 15.9 Å². The molecule has 0 atom stereocenters. The third-order valence-electron chi connectivity index (χ3n) is 4.54. The summed E-state index contributed by atoms with van der Waals surface area (Å²) in [5.74, 6) is 0.282. The van der Waals surface area contributed by atoms with Crippen molar-refractivity contribution in [1.82, 2.24) is 19.6 Å². The molecule has 3 aromatic heterocycles. The van der Waals surface area contributed by atoms with Crippen LogP contribution in [0.1, 0.15) is 12.5 Å². The van der Waals surface area contributed by atoms with Gasteiger partial charge in [0, 0.05) is 30.1 Å². The maximum atomic E-state index is 13.0. The summed E-state index contributed by atoms with van der Waals surface area (Å²) < 4.78 is 1.64. The third kappa shape index (κ3) is 2.23. The molecule has 27 heavy (non-hydrogen) atoms. The van der Waals surface area contributed by atoms with Crippen molar-refractivity contribution in [3.8, 4) is 11.4 Å². The number of carbonyl (C=O) groups excluding carboxylic acids is 1. The fraction of sp³-hybridized carbons (Fsp3) is 0.105. The van der Waals surface area contributed by atoms with Crippen LogP contribution in [-0.2, 0) is 4.79 Å². The predicted molar refractivity (Wildman–Crippen MR) is 103 cm³/mol. The number of carbonyl (C=O) groups is 1. The summed E-state index contributed by atoms with van der Waals surface area (Å²) in [7, 11) is 0. The number of pyridine rings is 1. The Hall–Kier alpha value is -3.39. The van der Waals surface area contributed by atoms with Gasteiger partial charge in [0.2, 0.25) is 4.96 Å².